The molecule has 0 unspecified atom stereocenters. The van der Waals surface area contributed by atoms with Gasteiger partial charge in [-0.15, -0.1) is 0 Å². The van der Waals surface area contributed by atoms with Crippen molar-refractivity contribution in [1.82, 2.24) is 10.2 Å². The molecule has 2 aromatic rings. The second-order valence-corrected chi connectivity index (χ2v) is 6.52. The zero-order valence-electron chi connectivity index (χ0n) is 13.8. The summed E-state index contributed by atoms with van der Waals surface area (Å²) in [5.41, 5.74) is 1.55. The third-order valence-corrected chi connectivity index (χ3v) is 4.49. The van der Waals surface area contributed by atoms with E-state index in [1.54, 1.807) is 6.07 Å². The Morgan fingerprint density at radius 2 is 2.24 bits per heavy atom. The highest BCUT2D eigenvalue weighted by Crippen LogP contribution is 2.39. The number of amides is 1. The van der Waals surface area contributed by atoms with Crippen LogP contribution in [0, 0.1) is 5.82 Å². The summed E-state index contributed by atoms with van der Waals surface area (Å²) in [4.78, 5) is 12.4. The molecule has 25 heavy (non-hydrogen) atoms. The van der Waals surface area contributed by atoms with Crippen molar-refractivity contribution in [2.24, 2.45) is 0 Å². The zero-order chi connectivity index (χ0) is 17.2. The van der Waals surface area contributed by atoms with Crippen molar-refractivity contribution in [3.05, 3.63) is 41.5 Å². The Morgan fingerprint density at radius 1 is 1.36 bits per heavy atom. The highest BCUT2D eigenvalue weighted by atomic mass is 19.1. The normalized spacial score (nSPS) is 19.8. The Hall–Kier alpha value is -2.41. The fraction of sp³-hybridized carbons (Fsp3) is 0.444. The summed E-state index contributed by atoms with van der Waals surface area (Å²) in [6.45, 7) is 1.12. The zero-order valence-corrected chi connectivity index (χ0v) is 13.8. The number of rotatable bonds is 6. The number of anilines is 1. The van der Waals surface area contributed by atoms with Gasteiger partial charge in [-0.3, -0.25) is 9.89 Å². The largest absolute Gasteiger partial charge is 0.489 e. The maximum absolute atomic E-state index is 13.6. The van der Waals surface area contributed by atoms with E-state index >= 15 is 0 Å². The minimum Gasteiger partial charge on any atom is -0.489 e. The molecule has 7 heteroatoms. The number of nitrogens with zero attached hydrogens (tertiary/aromatic N) is 1. The lowest BCUT2D eigenvalue weighted by Gasteiger charge is -2.15. The summed E-state index contributed by atoms with van der Waals surface area (Å²) in [5.74, 6) is 0.0629. The summed E-state index contributed by atoms with van der Waals surface area (Å²) in [6, 6.07) is 5.82. The molecule has 2 fully saturated rings. The first-order chi connectivity index (χ1) is 12.2. The molecule has 1 aliphatic heterocycles. The minimum absolute atomic E-state index is 0.0426. The van der Waals surface area contributed by atoms with Gasteiger partial charge >= 0.3 is 0 Å². The van der Waals surface area contributed by atoms with Gasteiger partial charge in [-0.2, -0.15) is 5.10 Å². The van der Waals surface area contributed by atoms with Crippen LogP contribution in [-0.2, 0) is 4.74 Å². The van der Waals surface area contributed by atoms with Crippen LogP contribution in [0.2, 0.25) is 0 Å². The van der Waals surface area contributed by atoms with Crippen molar-refractivity contribution in [1.29, 1.82) is 0 Å². The monoisotopic (exact) mass is 345 g/mol. The van der Waals surface area contributed by atoms with Crippen LogP contribution in [0.15, 0.2) is 24.3 Å². The molecule has 1 saturated heterocycles. The molecule has 1 amide bonds. The lowest BCUT2D eigenvalue weighted by Crippen LogP contribution is -2.18. The molecular formula is C18H20FN3O3. The minimum atomic E-state index is -0.444. The quantitative estimate of drug-likeness (QED) is 0.843. The van der Waals surface area contributed by atoms with Crippen LogP contribution in [0.3, 0.4) is 0 Å². The predicted molar refractivity (Wildman–Crippen MR) is 89.4 cm³/mol. The number of H-pyrrole nitrogens is 1. The average Bonchev–Trinajstić information content (AvgIpc) is 3.11. The van der Waals surface area contributed by atoms with E-state index in [-0.39, 0.29) is 11.8 Å². The van der Waals surface area contributed by atoms with Crippen molar-refractivity contribution in [3.8, 4) is 5.75 Å². The van der Waals surface area contributed by atoms with Gasteiger partial charge in [0.25, 0.3) is 5.91 Å². The average molecular weight is 345 g/mol. The third kappa shape index (κ3) is 3.82. The van der Waals surface area contributed by atoms with E-state index < -0.39 is 11.7 Å². The van der Waals surface area contributed by atoms with Crippen LogP contribution < -0.4 is 10.1 Å². The highest BCUT2D eigenvalue weighted by Gasteiger charge is 2.26. The number of nitrogens with one attached hydrogen (secondary N) is 2. The molecule has 1 aromatic carbocycles. The highest BCUT2D eigenvalue weighted by molar-refractivity contribution is 6.03. The van der Waals surface area contributed by atoms with E-state index in [1.165, 1.54) is 18.2 Å². The Balaban J connectivity index is 1.45. The summed E-state index contributed by atoms with van der Waals surface area (Å²) >= 11 is 0. The SMILES string of the molecule is O=C(Nc1cc(F)ccc1OC[C@@H]1CCCO1)c1cc(C2CC2)[nH]n1. The lowest BCUT2D eigenvalue weighted by molar-refractivity contribution is 0.0681. The number of aromatic amines is 1. The summed E-state index contributed by atoms with van der Waals surface area (Å²) in [7, 11) is 0. The van der Waals surface area contributed by atoms with Crippen LogP contribution in [-0.4, -0.2) is 35.4 Å². The molecule has 0 radical (unpaired) electrons. The van der Waals surface area contributed by atoms with E-state index in [0.717, 1.165) is 38.0 Å². The molecule has 2 N–H and O–H groups in total. The molecule has 6 nitrogen and oxygen atoms in total. The van der Waals surface area contributed by atoms with Crippen molar-refractivity contribution < 1.29 is 18.7 Å². The Bertz CT molecular complexity index is 767. The number of aromatic nitrogens is 2. The number of benzene rings is 1. The van der Waals surface area contributed by atoms with E-state index in [0.29, 0.717) is 24.0 Å². The van der Waals surface area contributed by atoms with E-state index in [4.69, 9.17) is 9.47 Å². The van der Waals surface area contributed by atoms with Crippen molar-refractivity contribution >= 4 is 11.6 Å². The van der Waals surface area contributed by atoms with Crippen LogP contribution in [0.1, 0.15) is 47.8 Å². The topological polar surface area (TPSA) is 76.2 Å². The third-order valence-electron chi connectivity index (χ3n) is 4.49. The number of halogens is 1. The first-order valence-electron chi connectivity index (χ1n) is 8.59. The molecule has 0 bridgehead atoms. The molecule has 1 aromatic heterocycles. The molecule has 0 spiro atoms. The molecule has 2 aliphatic rings. The van der Waals surface area contributed by atoms with Crippen molar-refractivity contribution in [2.75, 3.05) is 18.5 Å². The molecular weight excluding hydrogens is 325 g/mol. The number of ether oxygens (including phenoxy) is 2. The Labute approximate surface area is 144 Å². The maximum Gasteiger partial charge on any atom is 0.276 e. The van der Waals surface area contributed by atoms with Gasteiger partial charge in [0, 0.05) is 24.3 Å². The summed E-state index contributed by atoms with van der Waals surface area (Å²) in [6.07, 6.45) is 4.24. The maximum atomic E-state index is 13.6. The van der Waals surface area contributed by atoms with Gasteiger partial charge in [-0.05, 0) is 43.9 Å². The van der Waals surface area contributed by atoms with E-state index in [1.807, 2.05) is 0 Å². The number of hydrogen-bond donors (Lipinski definition) is 2. The van der Waals surface area contributed by atoms with Crippen LogP contribution >= 0.6 is 0 Å². The van der Waals surface area contributed by atoms with Gasteiger partial charge in [0.1, 0.15) is 18.2 Å². The Kier molecular flexibility index (Phi) is 4.40. The molecule has 1 aliphatic carbocycles. The van der Waals surface area contributed by atoms with Gasteiger partial charge in [-0.1, -0.05) is 0 Å². The van der Waals surface area contributed by atoms with Gasteiger partial charge in [-0.25, -0.2) is 4.39 Å². The summed E-state index contributed by atoms with van der Waals surface area (Å²) < 4.78 is 24.9. The van der Waals surface area contributed by atoms with Gasteiger partial charge in [0.05, 0.1) is 11.8 Å². The molecule has 1 atom stereocenters. The summed E-state index contributed by atoms with van der Waals surface area (Å²) in [5, 5.41) is 9.62. The van der Waals surface area contributed by atoms with Gasteiger partial charge in [0.2, 0.25) is 0 Å². The second-order valence-electron chi connectivity index (χ2n) is 6.52. The van der Waals surface area contributed by atoms with E-state index in [9.17, 15) is 9.18 Å². The smallest absolute Gasteiger partial charge is 0.276 e. The fourth-order valence-corrected chi connectivity index (χ4v) is 2.93. The lowest BCUT2D eigenvalue weighted by atomic mass is 10.2. The number of carbonyl (C=O) groups excluding carboxylic acids is 1. The number of hydrogen-bond acceptors (Lipinski definition) is 4. The molecule has 1 saturated carbocycles. The molecule has 4 rings (SSSR count). The first kappa shape index (κ1) is 16.1. The Morgan fingerprint density at radius 3 is 3.00 bits per heavy atom. The molecule has 132 valence electrons. The van der Waals surface area contributed by atoms with Gasteiger partial charge in [0.15, 0.2) is 5.69 Å². The van der Waals surface area contributed by atoms with Crippen LogP contribution in [0.25, 0.3) is 0 Å². The molecule has 2 heterocycles. The van der Waals surface area contributed by atoms with E-state index in [2.05, 4.69) is 15.5 Å². The standard InChI is InChI=1S/C18H20FN3O3/c19-12-5-6-17(25-10-13-2-1-7-24-13)15(8-12)20-18(23)16-9-14(21-22-16)11-3-4-11/h5-6,8-9,11,13H,1-4,7,10H2,(H,20,23)(H,21,22)/t13-/m0/s1. The predicted octanol–water partition coefficient (Wildman–Crippen LogP) is 3.24. The van der Waals surface area contributed by atoms with Gasteiger partial charge < -0.3 is 14.8 Å². The van der Waals surface area contributed by atoms with Crippen molar-refractivity contribution in [2.45, 2.75) is 37.7 Å². The number of carbonyl (C=O) groups is 1. The van der Waals surface area contributed by atoms with Crippen LogP contribution in [0.4, 0.5) is 10.1 Å². The fourth-order valence-electron chi connectivity index (χ4n) is 2.93. The second kappa shape index (κ2) is 6.84. The van der Waals surface area contributed by atoms with Crippen LogP contribution in [0.5, 0.6) is 5.75 Å². The first-order valence-corrected chi connectivity index (χ1v) is 8.59. The van der Waals surface area contributed by atoms with Crippen molar-refractivity contribution in [3.63, 3.8) is 0 Å².